The van der Waals surface area contributed by atoms with Crippen LogP contribution in [0.3, 0.4) is 0 Å². The second-order valence-corrected chi connectivity index (χ2v) is 7.55. The molecule has 0 heterocycles. The molecule has 0 bridgehead atoms. The molecule has 0 spiro atoms. The second-order valence-electron chi connectivity index (χ2n) is 7.55. The Morgan fingerprint density at radius 3 is 2.36 bits per heavy atom. The summed E-state index contributed by atoms with van der Waals surface area (Å²) in [7, 11) is 5.31. The number of rotatable bonds is 8. The molecule has 0 aromatic heterocycles. The van der Waals surface area contributed by atoms with E-state index in [0.717, 1.165) is 31.2 Å². The number of aliphatic imine (C=N–C) groups is 1. The summed E-state index contributed by atoms with van der Waals surface area (Å²) < 4.78 is 0. The first-order chi connectivity index (χ1) is 13.5. The van der Waals surface area contributed by atoms with Crippen LogP contribution in [-0.4, -0.2) is 56.9 Å². The Bertz CT molecular complexity index is 667. The van der Waals surface area contributed by atoms with Crippen LogP contribution >= 0.6 is 0 Å². The largest absolute Gasteiger partial charge is 0.356 e. The third-order valence-electron chi connectivity index (χ3n) is 5.22. The molecule has 1 aromatic carbocycles. The highest BCUT2D eigenvalue weighted by Gasteiger charge is 2.42. The maximum absolute atomic E-state index is 12.6. The molecule has 1 aliphatic rings. The van der Waals surface area contributed by atoms with E-state index in [1.165, 1.54) is 0 Å². The number of nitrogens with one attached hydrogen (secondary N) is 3. The number of carbonyl (C=O) groups excluding carboxylic acids is 2. The zero-order valence-corrected chi connectivity index (χ0v) is 17.3. The molecule has 7 nitrogen and oxygen atoms in total. The van der Waals surface area contributed by atoms with E-state index in [9.17, 15) is 9.59 Å². The lowest BCUT2D eigenvalue weighted by Gasteiger charge is -2.31. The van der Waals surface area contributed by atoms with Gasteiger partial charge >= 0.3 is 0 Å². The summed E-state index contributed by atoms with van der Waals surface area (Å²) in [6.07, 6.45) is 4.31. The molecule has 1 aliphatic carbocycles. The third-order valence-corrected chi connectivity index (χ3v) is 5.22. The minimum absolute atomic E-state index is 0.0122. The molecule has 2 rings (SSSR count). The molecule has 7 heteroatoms. The quantitative estimate of drug-likeness (QED) is 0.466. The predicted molar refractivity (Wildman–Crippen MR) is 112 cm³/mol. The van der Waals surface area contributed by atoms with Crippen molar-refractivity contribution < 1.29 is 9.59 Å². The first kappa shape index (κ1) is 21.7. The molecule has 0 aliphatic heterocycles. The molecule has 28 heavy (non-hydrogen) atoms. The zero-order valence-electron chi connectivity index (χ0n) is 17.3. The minimum atomic E-state index is -0.353. The highest BCUT2D eigenvalue weighted by molar-refractivity contribution is 5.85. The highest BCUT2D eigenvalue weighted by Crippen LogP contribution is 2.38. The molecule has 154 valence electrons. The minimum Gasteiger partial charge on any atom is -0.356 e. The van der Waals surface area contributed by atoms with Crippen LogP contribution in [-0.2, 0) is 16.1 Å². The van der Waals surface area contributed by atoms with Crippen LogP contribution in [0.15, 0.2) is 35.3 Å². The molecule has 2 amide bonds. The van der Waals surface area contributed by atoms with Crippen LogP contribution in [0, 0.1) is 5.41 Å². The number of carbonyl (C=O) groups is 2. The maximum Gasteiger partial charge on any atom is 0.230 e. The fourth-order valence-electron chi connectivity index (χ4n) is 3.65. The van der Waals surface area contributed by atoms with Crippen LogP contribution < -0.4 is 16.0 Å². The van der Waals surface area contributed by atoms with Crippen LogP contribution in [0.25, 0.3) is 0 Å². The first-order valence-corrected chi connectivity index (χ1v) is 9.94. The summed E-state index contributed by atoms with van der Waals surface area (Å²) in [5, 5.41) is 9.35. The van der Waals surface area contributed by atoms with Crippen LogP contribution in [0.1, 0.15) is 37.7 Å². The fourth-order valence-corrected chi connectivity index (χ4v) is 3.65. The van der Waals surface area contributed by atoms with Crippen molar-refractivity contribution in [2.45, 2.75) is 38.6 Å². The van der Waals surface area contributed by atoms with E-state index in [1.807, 2.05) is 44.4 Å². The fraction of sp³-hybridized carbons (Fsp3) is 0.571. The van der Waals surface area contributed by atoms with Gasteiger partial charge in [-0.25, -0.2) is 0 Å². The molecule has 1 saturated carbocycles. The smallest absolute Gasteiger partial charge is 0.230 e. The Kier molecular flexibility index (Phi) is 8.29. The molecule has 0 saturated heterocycles. The van der Waals surface area contributed by atoms with Crippen molar-refractivity contribution in [3.8, 4) is 0 Å². The number of guanidine groups is 1. The Morgan fingerprint density at radius 1 is 1.07 bits per heavy atom. The number of benzene rings is 1. The van der Waals surface area contributed by atoms with Gasteiger partial charge in [0.2, 0.25) is 11.8 Å². The summed E-state index contributed by atoms with van der Waals surface area (Å²) in [5.74, 6) is 0.781. The van der Waals surface area contributed by atoms with Crippen molar-refractivity contribution >= 4 is 17.8 Å². The van der Waals surface area contributed by atoms with Crippen molar-refractivity contribution in [2.24, 2.45) is 10.4 Å². The van der Waals surface area contributed by atoms with Gasteiger partial charge in [-0.2, -0.15) is 0 Å². The van der Waals surface area contributed by atoms with Gasteiger partial charge in [-0.15, -0.1) is 0 Å². The molecule has 0 radical (unpaired) electrons. The molecular formula is C21H33N5O2. The molecular weight excluding hydrogens is 354 g/mol. The normalized spacial score (nSPS) is 15.8. The first-order valence-electron chi connectivity index (χ1n) is 9.94. The number of nitrogens with zero attached hydrogens (tertiary/aromatic N) is 2. The van der Waals surface area contributed by atoms with E-state index in [0.29, 0.717) is 32.0 Å². The van der Waals surface area contributed by atoms with Crippen LogP contribution in [0.4, 0.5) is 0 Å². The number of amides is 2. The molecule has 1 fully saturated rings. The van der Waals surface area contributed by atoms with E-state index < -0.39 is 0 Å². The Balaban J connectivity index is 1.73. The topological polar surface area (TPSA) is 85.8 Å². The molecule has 3 N–H and O–H groups in total. The molecule has 1 aromatic rings. The van der Waals surface area contributed by atoms with Crippen molar-refractivity contribution in [2.75, 3.05) is 34.2 Å². The third kappa shape index (κ3) is 6.25. The van der Waals surface area contributed by atoms with E-state index in [2.05, 4.69) is 20.9 Å². The summed E-state index contributed by atoms with van der Waals surface area (Å²) in [4.78, 5) is 30.5. The predicted octanol–water partition coefficient (Wildman–Crippen LogP) is 1.51. The van der Waals surface area contributed by atoms with Gasteiger partial charge in [-0.05, 0) is 18.4 Å². The number of hydrogen-bond acceptors (Lipinski definition) is 3. The van der Waals surface area contributed by atoms with E-state index >= 15 is 0 Å². The van der Waals surface area contributed by atoms with Gasteiger partial charge in [0.1, 0.15) is 0 Å². The second kappa shape index (κ2) is 10.7. The van der Waals surface area contributed by atoms with Gasteiger partial charge in [0.25, 0.3) is 0 Å². The summed E-state index contributed by atoms with van der Waals surface area (Å²) in [6, 6.07) is 9.83. The van der Waals surface area contributed by atoms with Crippen LogP contribution in [0.2, 0.25) is 0 Å². The summed E-state index contributed by atoms with van der Waals surface area (Å²) in [6.45, 7) is 1.57. The van der Waals surface area contributed by atoms with Crippen LogP contribution in [0.5, 0.6) is 0 Å². The monoisotopic (exact) mass is 387 g/mol. The van der Waals surface area contributed by atoms with E-state index in [4.69, 9.17) is 0 Å². The lowest BCUT2D eigenvalue weighted by molar-refractivity contribution is -0.138. The van der Waals surface area contributed by atoms with E-state index in [-0.39, 0.29) is 17.2 Å². The Labute approximate surface area is 168 Å². The van der Waals surface area contributed by atoms with E-state index in [1.54, 1.807) is 11.9 Å². The van der Waals surface area contributed by atoms with Gasteiger partial charge in [-0.1, -0.05) is 43.2 Å². The molecule has 0 atom stereocenters. The Hall–Kier alpha value is -2.57. The number of hydrogen-bond donors (Lipinski definition) is 3. The average molecular weight is 388 g/mol. The maximum atomic E-state index is 12.6. The summed E-state index contributed by atoms with van der Waals surface area (Å²) >= 11 is 0. The highest BCUT2D eigenvalue weighted by atomic mass is 16.2. The van der Waals surface area contributed by atoms with Gasteiger partial charge in [0.15, 0.2) is 5.96 Å². The Morgan fingerprint density at radius 2 is 1.75 bits per heavy atom. The van der Waals surface area contributed by atoms with Crippen molar-refractivity contribution in [1.29, 1.82) is 0 Å². The standard InChI is InChI=1S/C21H33N5O2/c1-22-20(25-16-21(12-7-8-13-21)19(28)26(2)3)23-14-11-18(27)24-15-17-9-5-4-6-10-17/h4-6,9-10H,7-8,11-16H2,1-3H3,(H,24,27)(H2,22,23,25). The van der Waals surface area contributed by atoms with Crippen molar-refractivity contribution in [3.63, 3.8) is 0 Å². The zero-order chi connectivity index (χ0) is 20.4. The van der Waals surface area contributed by atoms with Gasteiger partial charge < -0.3 is 20.9 Å². The average Bonchev–Trinajstić information content (AvgIpc) is 3.19. The van der Waals surface area contributed by atoms with Gasteiger partial charge in [-0.3, -0.25) is 14.6 Å². The summed E-state index contributed by atoms with van der Waals surface area (Å²) in [5.41, 5.74) is 0.725. The van der Waals surface area contributed by atoms with Crippen molar-refractivity contribution in [3.05, 3.63) is 35.9 Å². The lowest BCUT2D eigenvalue weighted by atomic mass is 9.84. The van der Waals surface area contributed by atoms with Gasteiger partial charge in [0, 0.05) is 47.2 Å². The molecule has 0 unspecified atom stereocenters. The van der Waals surface area contributed by atoms with Gasteiger partial charge in [0.05, 0.1) is 5.41 Å². The lowest BCUT2D eigenvalue weighted by Crippen LogP contribution is -2.49. The van der Waals surface area contributed by atoms with Crippen molar-refractivity contribution in [1.82, 2.24) is 20.9 Å². The SMILES string of the molecule is CN=C(NCCC(=O)NCc1ccccc1)NCC1(C(=O)N(C)C)CCCC1.